The molecule has 0 aliphatic heterocycles. The summed E-state index contributed by atoms with van der Waals surface area (Å²) in [5.74, 6) is 0. The van der Waals surface area contributed by atoms with Crippen molar-refractivity contribution in [3.05, 3.63) is 52.3 Å². The Hall–Kier alpha value is -1.57. The van der Waals surface area contributed by atoms with Gasteiger partial charge in [-0.25, -0.2) is 0 Å². The monoisotopic (exact) mass is 347 g/mol. The van der Waals surface area contributed by atoms with Gasteiger partial charge in [0.15, 0.2) is 0 Å². The van der Waals surface area contributed by atoms with Crippen molar-refractivity contribution in [3.63, 3.8) is 0 Å². The Morgan fingerprint density at radius 1 is 1.35 bits per heavy atom. The minimum Gasteiger partial charge on any atom is -0.384 e. The van der Waals surface area contributed by atoms with Crippen molar-refractivity contribution in [2.45, 2.75) is 25.2 Å². The summed E-state index contributed by atoms with van der Waals surface area (Å²) in [5.41, 5.74) is -0.978. The van der Waals surface area contributed by atoms with E-state index in [2.05, 4.69) is 10.4 Å². The van der Waals surface area contributed by atoms with Gasteiger partial charge in [-0.05, 0) is 24.6 Å². The molecule has 0 bridgehead atoms. The maximum atomic E-state index is 12.8. The Bertz CT molecular complexity index is 683. The van der Waals surface area contributed by atoms with E-state index in [9.17, 15) is 18.3 Å². The molecule has 1 atom stereocenters. The third kappa shape index (κ3) is 4.46. The van der Waals surface area contributed by atoms with E-state index in [0.717, 1.165) is 6.07 Å². The SMILES string of the molecule is Cn1cc(C(C)(O)CNCc2ccc(Cl)c(C(F)(F)F)c2)cn1. The lowest BCUT2D eigenvalue weighted by Gasteiger charge is -2.22. The Morgan fingerprint density at radius 2 is 2.04 bits per heavy atom. The predicted molar refractivity (Wildman–Crippen MR) is 80.9 cm³/mol. The Morgan fingerprint density at radius 3 is 2.61 bits per heavy atom. The second-order valence-electron chi connectivity index (χ2n) is 5.59. The molecule has 2 aromatic rings. The molecule has 0 saturated heterocycles. The van der Waals surface area contributed by atoms with E-state index in [0.29, 0.717) is 11.1 Å². The molecule has 1 unspecified atom stereocenters. The average Bonchev–Trinajstić information content (AvgIpc) is 2.87. The largest absolute Gasteiger partial charge is 0.417 e. The van der Waals surface area contributed by atoms with Crippen LogP contribution in [-0.4, -0.2) is 21.4 Å². The van der Waals surface area contributed by atoms with Crippen molar-refractivity contribution in [1.29, 1.82) is 0 Å². The molecule has 0 saturated carbocycles. The Kier molecular flexibility index (Phi) is 5.03. The molecule has 1 heterocycles. The van der Waals surface area contributed by atoms with Crippen molar-refractivity contribution in [2.75, 3.05) is 6.54 Å². The number of aliphatic hydroxyl groups is 1. The van der Waals surface area contributed by atoms with Crippen molar-refractivity contribution in [1.82, 2.24) is 15.1 Å². The van der Waals surface area contributed by atoms with Gasteiger partial charge >= 0.3 is 6.18 Å². The number of rotatable bonds is 5. The molecule has 4 nitrogen and oxygen atoms in total. The van der Waals surface area contributed by atoms with Gasteiger partial charge in [0.05, 0.1) is 16.8 Å². The molecule has 126 valence electrons. The summed E-state index contributed by atoms with van der Waals surface area (Å²) in [6.07, 6.45) is -1.26. The summed E-state index contributed by atoms with van der Waals surface area (Å²) in [6, 6.07) is 3.75. The van der Waals surface area contributed by atoms with Crippen LogP contribution in [0.3, 0.4) is 0 Å². The maximum Gasteiger partial charge on any atom is 0.417 e. The van der Waals surface area contributed by atoms with Crippen molar-refractivity contribution >= 4 is 11.6 Å². The highest BCUT2D eigenvalue weighted by Crippen LogP contribution is 2.35. The molecule has 0 aliphatic carbocycles. The highest BCUT2D eigenvalue weighted by molar-refractivity contribution is 6.31. The molecule has 0 aliphatic rings. The standard InChI is InChI=1S/C15H17ClF3N3O/c1-14(23,11-7-21-22(2)8-11)9-20-6-10-3-4-13(16)12(5-10)15(17,18)19/h3-5,7-8,20,23H,6,9H2,1-2H3. The molecule has 2 rings (SSSR count). The number of nitrogens with zero attached hydrogens (tertiary/aromatic N) is 2. The minimum absolute atomic E-state index is 0.169. The number of benzene rings is 1. The number of alkyl halides is 3. The first kappa shape index (κ1) is 17.8. The maximum absolute atomic E-state index is 12.8. The summed E-state index contributed by atoms with van der Waals surface area (Å²) >= 11 is 5.58. The van der Waals surface area contributed by atoms with Gasteiger partial charge in [0.2, 0.25) is 0 Å². The van der Waals surface area contributed by atoms with Gasteiger partial charge in [-0.2, -0.15) is 18.3 Å². The second kappa shape index (κ2) is 6.51. The summed E-state index contributed by atoms with van der Waals surface area (Å²) in [7, 11) is 1.74. The topological polar surface area (TPSA) is 50.1 Å². The molecule has 0 amide bonds. The van der Waals surface area contributed by atoms with Crippen molar-refractivity contribution in [3.8, 4) is 0 Å². The van der Waals surface area contributed by atoms with E-state index in [-0.39, 0.29) is 18.1 Å². The first-order valence-electron chi connectivity index (χ1n) is 6.87. The number of hydrogen-bond acceptors (Lipinski definition) is 3. The first-order chi connectivity index (χ1) is 10.6. The normalized spacial score (nSPS) is 14.7. The summed E-state index contributed by atoms with van der Waals surface area (Å²) in [6.45, 7) is 1.96. The Balaban J connectivity index is 2.01. The third-order valence-electron chi connectivity index (χ3n) is 3.46. The predicted octanol–water partition coefficient (Wildman–Crippen LogP) is 3.09. The molecule has 8 heteroatoms. The molecule has 0 fully saturated rings. The van der Waals surface area contributed by atoms with Crippen LogP contribution in [0.15, 0.2) is 30.6 Å². The molecule has 0 radical (unpaired) electrons. The molecule has 23 heavy (non-hydrogen) atoms. The first-order valence-corrected chi connectivity index (χ1v) is 7.25. The van der Waals surface area contributed by atoms with E-state index >= 15 is 0 Å². The van der Waals surface area contributed by atoms with Crippen molar-refractivity contribution in [2.24, 2.45) is 7.05 Å². The molecule has 2 N–H and O–H groups in total. The van der Waals surface area contributed by atoms with E-state index in [4.69, 9.17) is 11.6 Å². The quantitative estimate of drug-likeness (QED) is 0.874. The van der Waals surface area contributed by atoms with Crippen LogP contribution in [0.25, 0.3) is 0 Å². The van der Waals surface area contributed by atoms with Gasteiger partial charge in [-0.3, -0.25) is 4.68 Å². The number of aryl methyl sites for hydroxylation is 1. The number of nitrogens with one attached hydrogen (secondary N) is 1. The zero-order valence-electron chi connectivity index (χ0n) is 12.7. The van der Waals surface area contributed by atoms with Crippen molar-refractivity contribution < 1.29 is 18.3 Å². The molecular weight excluding hydrogens is 331 g/mol. The van der Waals surface area contributed by atoms with Crippen LogP contribution in [0.5, 0.6) is 0 Å². The minimum atomic E-state index is -4.49. The lowest BCUT2D eigenvalue weighted by molar-refractivity contribution is -0.137. The van der Waals surface area contributed by atoms with Crippen LogP contribution in [0.4, 0.5) is 13.2 Å². The van der Waals surface area contributed by atoms with E-state index < -0.39 is 17.3 Å². The van der Waals surface area contributed by atoms with Crippen LogP contribution in [0, 0.1) is 0 Å². The lowest BCUT2D eigenvalue weighted by atomic mass is 9.99. The summed E-state index contributed by atoms with van der Waals surface area (Å²) < 4.78 is 40.0. The van der Waals surface area contributed by atoms with E-state index in [1.54, 1.807) is 31.0 Å². The van der Waals surface area contributed by atoms with Gasteiger partial charge in [0.1, 0.15) is 5.60 Å². The van der Waals surface area contributed by atoms with E-state index in [1.165, 1.54) is 12.1 Å². The average molecular weight is 348 g/mol. The zero-order chi connectivity index (χ0) is 17.3. The van der Waals surface area contributed by atoms with E-state index in [1.807, 2.05) is 0 Å². The second-order valence-corrected chi connectivity index (χ2v) is 6.00. The molecule has 0 spiro atoms. The number of hydrogen-bond donors (Lipinski definition) is 2. The fraction of sp³-hybridized carbons (Fsp3) is 0.400. The van der Waals surface area contributed by atoms with Gasteiger partial charge in [0.25, 0.3) is 0 Å². The third-order valence-corrected chi connectivity index (χ3v) is 3.79. The molecular formula is C15H17ClF3N3O. The fourth-order valence-corrected chi connectivity index (χ4v) is 2.38. The molecule has 1 aromatic heterocycles. The smallest absolute Gasteiger partial charge is 0.384 e. The van der Waals surface area contributed by atoms with Gasteiger partial charge in [0, 0.05) is 31.9 Å². The highest BCUT2D eigenvalue weighted by atomic mass is 35.5. The van der Waals surface area contributed by atoms with Gasteiger partial charge in [-0.1, -0.05) is 17.7 Å². The zero-order valence-corrected chi connectivity index (χ0v) is 13.4. The molecule has 1 aromatic carbocycles. The number of halogens is 4. The fourth-order valence-electron chi connectivity index (χ4n) is 2.15. The van der Waals surface area contributed by atoms with Crippen LogP contribution < -0.4 is 5.32 Å². The van der Waals surface area contributed by atoms with Gasteiger partial charge in [-0.15, -0.1) is 0 Å². The number of aromatic nitrogens is 2. The van der Waals surface area contributed by atoms with Gasteiger partial charge < -0.3 is 10.4 Å². The lowest BCUT2D eigenvalue weighted by Crippen LogP contribution is -2.34. The van der Waals surface area contributed by atoms with Crippen LogP contribution in [0.1, 0.15) is 23.6 Å². The summed E-state index contributed by atoms with van der Waals surface area (Å²) in [4.78, 5) is 0. The highest BCUT2D eigenvalue weighted by Gasteiger charge is 2.33. The van der Waals surface area contributed by atoms with Crippen LogP contribution >= 0.6 is 11.6 Å². The van der Waals surface area contributed by atoms with Crippen LogP contribution in [0.2, 0.25) is 5.02 Å². The Labute approximate surface area is 136 Å². The van der Waals surface area contributed by atoms with Crippen LogP contribution in [-0.2, 0) is 25.4 Å². The summed E-state index contributed by atoms with van der Waals surface area (Å²) in [5, 5.41) is 17.0.